The molecule has 26 heavy (non-hydrogen) atoms. The Balaban J connectivity index is 1.40. The van der Waals surface area contributed by atoms with E-state index in [1.807, 2.05) is 6.92 Å². The first-order chi connectivity index (χ1) is 12.7. The Morgan fingerprint density at radius 3 is 2.69 bits per heavy atom. The van der Waals surface area contributed by atoms with E-state index in [1.54, 1.807) is 0 Å². The summed E-state index contributed by atoms with van der Waals surface area (Å²) < 4.78 is 12.9. The van der Waals surface area contributed by atoms with Crippen molar-refractivity contribution in [1.82, 2.24) is 34.7 Å². The number of nitrogens with zero attached hydrogens (tertiary/aromatic N) is 7. The van der Waals surface area contributed by atoms with Gasteiger partial charge in [-0.15, -0.1) is 10.2 Å². The molecular weight excluding hydrogens is 334 g/mol. The largest absolute Gasteiger partial charge is 0.379 e. The molecule has 0 saturated carbocycles. The molecule has 0 radical (unpaired) electrons. The molecule has 2 aliphatic heterocycles. The number of hydrogen-bond acceptors (Lipinski definition) is 8. The van der Waals surface area contributed by atoms with Crippen molar-refractivity contribution >= 4 is 0 Å². The van der Waals surface area contributed by atoms with Crippen molar-refractivity contribution in [3.63, 3.8) is 0 Å². The van der Waals surface area contributed by atoms with Crippen LogP contribution in [0.15, 0.2) is 4.52 Å². The third kappa shape index (κ3) is 3.94. The van der Waals surface area contributed by atoms with Crippen LogP contribution < -0.4 is 0 Å². The van der Waals surface area contributed by atoms with Gasteiger partial charge in [0.25, 0.3) is 0 Å². The molecule has 1 atom stereocenters. The van der Waals surface area contributed by atoms with Crippen molar-refractivity contribution in [2.75, 3.05) is 39.4 Å². The standard InChI is InChI=1S/C17H27N7O2/c1-13-18-16(26-21-13)12-24-5-3-4-14(10-24)17-20-19-15(22(17)2)11-23-6-8-25-9-7-23/h14H,3-12H2,1-2H3/t14-/m1/s1. The Hall–Kier alpha value is -1.84. The molecule has 0 bridgehead atoms. The number of aryl methyl sites for hydroxylation is 1. The lowest BCUT2D eigenvalue weighted by atomic mass is 9.97. The molecule has 0 spiro atoms. The van der Waals surface area contributed by atoms with E-state index >= 15 is 0 Å². The zero-order chi connectivity index (χ0) is 17.9. The second-order valence-electron chi connectivity index (χ2n) is 7.23. The van der Waals surface area contributed by atoms with Gasteiger partial charge in [-0.05, 0) is 26.3 Å². The Morgan fingerprint density at radius 2 is 1.92 bits per heavy atom. The molecule has 9 heteroatoms. The smallest absolute Gasteiger partial charge is 0.240 e. The van der Waals surface area contributed by atoms with E-state index in [2.05, 4.69) is 41.8 Å². The summed E-state index contributed by atoms with van der Waals surface area (Å²) in [6.07, 6.45) is 2.28. The third-order valence-corrected chi connectivity index (χ3v) is 5.27. The van der Waals surface area contributed by atoms with E-state index in [4.69, 9.17) is 9.26 Å². The van der Waals surface area contributed by atoms with Crippen molar-refractivity contribution < 1.29 is 9.26 Å². The minimum atomic E-state index is 0.392. The summed E-state index contributed by atoms with van der Waals surface area (Å²) in [6.45, 7) is 8.92. The van der Waals surface area contributed by atoms with Crippen LogP contribution in [-0.4, -0.2) is 74.1 Å². The van der Waals surface area contributed by atoms with Gasteiger partial charge in [0.1, 0.15) is 11.6 Å². The normalized spacial score (nSPS) is 22.8. The molecule has 142 valence electrons. The number of hydrogen-bond donors (Lipinski definition) is 0. The number of morpholine rings is 1. The molecule has 2 aromatic rings. The molecule has 2 aliphatic rings. The molecule has 0 N–H and O–H groups in total. The molecular formula is C17H27N7O2. The van der Waals surface area contributed by atoms with Gasteiger partial charge in [-0.25, -0.2) is 0 Å². The molecule has 0 aliphatic carbocycles. The van der Waals surface area contributed by atoms with E-state index in [-0.39, 0.29) is 0 Å². The average Bonchev–Trinajstić information content (AvgIpc) is 3.22. The molecule has 9 nitrogen and oxygen atoms in total. The fraction of sp³-hybridized carbons (Fsp3) is 0.765. The van der Waals surface area contributed by atoms with Crippen molar-refractivity contribution in [1.29, 1.82) is 0 Å². The highest BCUT2D eigenvalue weighted by molar-refractivity contribution is 5.04. The van der Waals surface area contributed by atoms with Crippen LogP contribution in [0.2, 0.25) is 0 Å². The molecule has 4 rings (SSSR count). The zero-order valence-electron chi connectivity index (χ0n) is 15.6. The highest BCUT2D eigenvalue weighted by Crippen LogP contribution is 2.26. The topological polar surface area (TPSA) is 85.3 Å². The summed E-state index contributed by atoms with van der Waals surface area (Å²) in [5.74, 6) is 3.89. The predicted octanol–water partition coefficient (Wildman–Crippen LogP) is 0.718. The summed E-state index contributed by atoms with van der Waals surface area (Å²) in [6, 6.07) is 0. The lowest BCUT2D eigenvalue weighted by molar-refractivity contribution is 0.0326. The van der Waals surface area contributed by atoms with Crippen LogP contribution in [-0.2, 0) is 24.9 Å². The van der Waals surface area contributed by atoms with E-state index < -0.39 is 0 Å². The summed E-state index contributed by atoms with van der Waals surface area (Å²) in [5, 5.41) is 12.9. The van der Waals surface area contributed by atoms with Gasteiger partial charge in [-0.1, -0.05) is 5.16 Å². The van der Waals surface area contributed by atoms with Crippen molar-refractivity contribution in [3.8, 4) is 0 Å². The summed E-state index contributed by atoms with van der Waals surface area (Å²) in [5.41, 5.74) is 0. The zero-order valence-corrected chi connectivity index (χ0v) is 15.6. The second kappa shape index (κ2) is 7.81. The number of aromatic nitrogens is 5. The van der Waals surface area contributed by atoms with E-state index in [1.165, 1.54) is 0 Å². The van der Waals surface area contributed by atoms with Gasteiger partial charge < -0.3 is 13.8 Å². The van der Waals surface area contributed by atoms with Crippen LogP contribution in [0.5, 0.6) is 0 Å². The number of piperidine rings is 1. The van der Waals surface area contributed by atoms with Crippen molar-refractivity contribution in [3.05, 3.63) is 23.4 Å². The lowest BCUT2D eigenvalue weighted by Gasteiger charge is -2.31. The summed E-state index contributed by atoms with van der Waals surface area (Å²) >= 11 is 0. The second-order valence-corrected chi connectivity index (χ2v) is 7.23. The molecule has 2 fully saturated rings. The van der Waals surface area contributed by atoms with Gasteiger partial charge in [0, 0.05) is 32.6 Å². The van der Waals surface area contributed by atoms with Gasteiger partial charge in [-0.3, -0.25) is 9.80 Å². The molecule has 0 aromatic carbocycles. The van der Waals surface area contributed by atoms with Gasteiger partial charge in [-0.2, -0.15) is 4.98 Å². The van der Waals surface area contributed by atoms with Crippen LogP contribution in [0.1, 0.15) is 42.1 Å². The predicted molar refractivity (Wildman–Crippen MR) is 93.4 cm³/mol. The number of rotatable bonds is 5. The van der Waals surface area contributed by atoms with Gasteiger partial charge in [0.2, 0.25) is 5.89 Å². The fourth-order valence-electron chi connectivity index (χ4n) is 3.83. The van der Waals surface area contributed by atoms with Crippen LogP contribution in [0.25, 0.3) is 0 Å². The van der Waals surface area contributed by atoms with Crippen molar-refractivity contribution in [2.24, 2.45) is 7.05 Å². The Labute approximate surface area is 153 Å². The van der Waals surface area contributed by atoms with E-state index in [9.17, 15) is 0 Å². The average molecular weight is 361 g/mol. The van der Waals surface area contributed by atoms with Crippen LogP contribution in [0, 0.1) is 6.92 Å². The Bertz CT molecular complexity index is 723. The maximum absolute atomic E-state index is 5.42. The molecule has 0 unspecified atom stereocenters. The third-order valence-electron chi connectivity index (χ3n) is 5.27. The first kappa shape index (κ1) is 17.6. The van der Waals surface area contributed by atoms with E-state index in [0.29, 0.717) is 24.2 Å². The van der Waals surface area contributed by atoms with Crippen LogP contribution in [0.4, 0.5) is 0 Å². The molecule has 2 aromatic heterocycles. The SMILES string of the molecule is Cc1noc(CN2CCC[C@@H](c3nnc(CN4CCOCC4)n3C)C2)n1. The summed E-state index contributed by atoms with van der Waals surface area (Å²) in [7, 11) is 2.09. The Kier molecular flexibility index (Phi) is 5.28. The Morgan fingerprint density at radius 1 is 1.08 bits per heavy atom. The monoisotopic (exact) mass is 361 g/mol. The highest BCUT2D eigenvalue weighted by Gasteiger charge is 2.27. The highest BCUT2D eigenvalue weighted by atomic mass is 16.5. The van der Waals surface area contributed by atoms with Crippen LogP contribution >= 0.6 is 0 Å². The quantitative estimate of drug-likeness (QED) is 0.770. The minimum absolute atomic E-state index is 0.392. The maximum atomic E-state index is 5.42. The lowest BCUT2D eigenvalue weighted by Crippen LogP contribution is -2.36. The first-order valence-electron chi connectivity index (χ1n) is 9.39. The van der Waals surface area contributed by atoms with Crippen LogP contribution in [0.3, 0.4) is 0 Å². The number of likely N-dealkylation sites (tertiary alicyclic amines) is 1. The minimum Gasteiger partial charge on any atom is -0.379 e. The van der Waals surface area contributed by atoms with Gasteiger partial charge in [0.15, 0.2) is 5.82 Å². The maximum Gasteiger partial charge on any atom is 0.240 e. The number of ether oxygens (including phenoxy) is 1. The first-order valence-corrected chi connectivity index (χ1v) is 9.39. The van der Waals surface area contributed by atoms with E-state index in [0.717, 1.165) is 70.4 Å². The molecule has 0 amide bonds. The molecule has 2 saturated heterocycles. The van der Waals surface area contributed by atoms with Gasteiger partial charge in [0.05, 0.1) is 26.3 Å². The fourth-order valence-corrected chi connectivity index (χ4v) is 3.83. The summed E-state index contributed by atoms with van der Waals surface area (Å²) in [4.78, 5) is 9.07. The van der Waals surface area contributed by atoms with Gasteiger partial charge >= 0.3 is 0 Å². The molecule has 4 heterocycles. The van der Waals surface area contributed by atoms with Crippen molar-refractivity contribution in [2.45, 2.75) is 38.8 Å².